The number of aromatic amines is 2. The van der Waals surface area contributed by atoms with Crippen LogP contribution in [0.15, 0.2) is 92.8 Å². The summed E-state index contributed by atoms with van der Waals surface area (Å²) in [6.45, 7) is 4.85. The van der Waals surface area contributed by atoms with Crippen LogP contribution in [0.2, 0.25) is 0 Å². The lowest BCUT2D eigenvalue weighted by Crippen LogP contribution is -2.40. The Bertz CT molecular complexity index is 3480. The Balaban J connectivity index is 0.000000156. The van der Waals surface area contributed by atoms with E-state index in [0.717, 1.165) is 22.5 Å². The highest BCUT2D eigenvalue weighted by molar-refractivity contribution is 6.46. The first-order valence-corrected chi connectivity index (χ1v) is 22.4. The first kappa shape index (κ1) is 44.7. The second kappa shape index (κ2) is 18.3. The topological polar surface area (TPSA) is 286 Å². The Kier molecular flexibility index (Phi) is 11.3. The largest absolute Gasteiger partial charge is 0.494 e. The van der Waals surface area contributed by atoms with Crippen molar-refractivity contribution in [2.24, 2.45) is 0 Å². The third-order valence-electron chi connectivity index (χ3n) is 12.4. The minimum Gasteiger partial charge on any atom is -0.494 e. The zero-order valence-corrected chi connectivity index (χ0v) is 39.0. The molecular formula is C47H41N19O6. The number of pyridine rings is 3. The van der Waals surface area contributed by atoms with Crippen LogP contribution in [0, 0.1) is 13.8 Å². The van der Waals surface area contributed by atoms with Crippen molar-refractivity contribution in [3.05, 3.63) is 138 Å². The lowest BCUT2D eigenvalue weighted by Gasteiger charge is -2.26. The third-order valence-corrected chi connectivity index (χ3v) is 12.4. The molecule has 360 valence electrons. The molecule has 2 aliphatic rings. The maximum absolute atomic E-state index is 13.4. The number of fused-ring (bicyclic) bond motifs is 4. The molecule has 0 spiro atoms. The van der Waals surface area contributed by atoms with Crippen LogP contribution in [-0.2, 0) is 35.5 Å². The number of aromatic nitrogens is 17. The van der Waals surface area contributed by atoms with Crippen LogP contribution < -0.4 is 9.47 Å². The Morgan fingerprint density at radius 3 is 1.54 bits per heavy atom. The minimum absolute atomic E-state index is 0.202. The number of ketones is 2. The molecule has 72 heavy (non-hydrogen) atoms. The number of aryl methyl sites for hydroxylation is 2. The molecule has 0 aromatic carbocycles. The third kappa shape index (κ3) is 7.82. The molecule has 0 saturated carbocycles. The van der Waals surface area contributed by atoms with Gasteiger partial charge in [-0.2, -0.15) is 20.4 Å². The second-order valence-corrected chi connectivity index (χ2v) is 16.6. The Morgan fingerprint density at radius 2 is 1.10 bits per heavy atom. The summed E-state index contributed by atoms with van der Waals surface area (Å²) >= 11 is 0. The number of nitrogens with one attached hydrogen (secondary N) is 2. The molecule has 0 aliphatic carbocycles. The Hall–Kier alpha value is -9.81. The van der Waals surface area contributed by atoms with Crippen molar-refractivity contribution in [1.29, 1.82) is 0 Å². The lowest BCUT2D eigenvalue weighted by atomic mass is 10.0. The van der Waals surface area contributed by atoms with Gasteiger partial charge in [-0.3, -0.25) is 24.2 Å². The zero-order valence-electron chi connectivity index (χ0n) is 39.0. The molecule has 0 radical (unpaired) electrons. The molecule has 0 atom stereocenters. The minimum atomic E-state index is -0.642. The fourth-order valence-corrected chi connectivity index (χ4v) is 8.92. The standard InChI is InChI=1S/C24H21N9O3.C23H20N10O3/c1-14-28-13-32(30-14)23-21-20(18(36-2)11-27-23)16(10-26-21)22(34)24(35)31-8-6-17-15(12-31)9-29-33(17)19-5-3-4-7-25-19;1-13-28-12-32(30-13)22-20-19(17(36-2)9-27-22)15(8-26-20)21(34)23(35)31-6-3-16-14(11-31)7-29-33(16)18-10-24-4-5-25-18/h3-5,7,9-11,13,26H,6,8,12H2,1-2H3;4-5,7-10,12,26H,3,6,11H2,1-2H3. The Labute approximate surface area is 406 Å². The number of carbonyl (C=O) groups is 4. The molecule has 0 saturated heterocycles. The summed E-state index contributed by atoms with van der Waals surface area (Å²) in [6, 6.07) is 5.62. The normalized spacial score (nSPS) is 13.1. The fraction of sp³-hybridized carbons (Fsp3) is 0.213. The highest BCUT2D eigenvalue weighted by Crippen LogP contribution is 2.34. The van der Waals surface area contributed by atoms with Gasteiger partial charge < -0.3 is 29.2 Å². The number of carbonyl (C=O) groups excluding carboxylic acids is 4. The monoisotopic (exact) mass is 967 g/mol. The summed E-state index contributed by atoms with van der Waals surface area (Å²) in [4.78, 5) is 92.5. The summed E-state index contributed by atoms with van der Waals surface area (Å²) in [5.74, 6) is 1.63. The SMILES string of the molecule is COc1cnc(-n2cnc(C)n2)c2[nH]cc(C(=O)C(=O)N3CCc4c(cnn4-c4ccccn4)C3)c12.COc1cnc(-n2cnc(C)n2)c2[nH]cc(C(=O)C(=O)N3CCc4c(cnn4-c4cnccn4)C3)c12. The highest BCUT2D eigenvalue weighted by Gasteiger charge is 2.34. The molecule has 0 unspecified atom stereocenters. The molecule has 2 aliphatic heterocycles. The number of Topliss-reactive ketones (excluding diaryl/α,β-unsaturated/α-hetero) is 2. The van der Waals surface area contributed by atoms with Gasteiger partial charge in [0.25, 0.3) is 23.4 Å². The number of amides is 2. The molecule has 10 aromatic heterocycles. The maximum atomic E-state index is 13.4. The van der Waals surface area contributed by atoms with E-state index < -0.39 is 23.4 Å². The van der Waals surface area contributed by atoms with Crippen molar-refractivity contribution in [3.63, 3.8) is 0 Å². The van der Waals surface area contributed by atoms with Crippen LogP contribution in [0.4, 0.5) is 0 Å². The first-order valence-electron chi connectivity index (χ1n) is 22.4. The summed E-state index contributed by atoms with van der Waals surface area (Å²) in [5.41, 5.74) is 5.12. The van der Waals surface area contributed by atoms with Crippen LogP contribution >= 0.6 is 0 Å². The molecular weight excluding hydrogens is 927 g/mol. The molecule has 25 nitrogen and oxygen atoms in total. The second-order valence-electron chi connectivity index (χ2n) is 16.6. The van der Waals surface area contributed by atoms with Gasteiger partial charge in [-0.15, -0.1) is 0 Å². The summed E-state index contributed by atoms with van der Waals surface area (Å²) in [6.07, 6.45) is 20.1. The molecule has 12 heterocycles. The van der Waals surface area contributed by atoms with E-state index in [9.17, 15) is 19.2 Å². The summed E-state index contributed by atoms with van der Waals surface area (Å²) in [5, 5.41) is 18.4. The van der Waals surface area contributed by atoms with Crippen LogP contribution in [-0.4, -0.2) is 144 Å². The van der Waals surface area contributed by atoms with Crippen LogP contribution in [0.5, 0.6) is 11.5 Å². The van der Waals surface area contributed by atoms with Gasteiger partial charge >= 0.3 is 0 Å². The quantitative estimate of drug-likeness (QED) is 0.147. The first-order chi connectivity index (χ1) is 35.1. The zero-order chi connectivity index (χ0) is 49.6. The number of rotatable bonds is 10. The number of methoxy groups -OCH3 is 2. The number of ether oxygens (including phenoxy) is 2. The van der Waals surface area contributed by atoms with Crippen molar-refractivity contribution < 1.29 is 28.7 Å². The molecule has 12 rings (SSSR count). The van der Waals surface area contributed by atoms with E-state index in [1.807, 2.05) is 18.2 Å². The van der Waals surface area contributed by atoms with Crippen LogP contribution in [0.3, 0.4) is 0 Å². The van der Waals surface area contributed by atoms with E-state index >= 15 is 0 Å². The molecule has 2 N–H and O–H groups in total. The van der Waals surface area contributed by atoms with Gasteiger partial charge in [-0.05, 0) is 26.0 Å². The highest BCUT2D eigenvalue weighted by atomic mass is 16.5. The van der Waals surface area contributed by atoms with Gasteiger partial charge in [0.05, 0.1) is 89.5 Å². The molecule has 10 aromatic rings. The van der Waals surface area contributed by atoms with Gasteiger partial charge in [-0.25, -0.2) is 48.6 Å². The van der Waals surface area contributed by atoms with Crippen LogP contribution in [0.25, 0.3) is 45.1 Å². The average Bonchev–Trinajstić information content (AvgIpc) is 4.30. The van der Waals surface area contributed by atoms with E-state index in [-0.39, 0.29) is 24.2 Å². The van der Waals surface area contributed by atoms with E-state index in [1.165, 1.54) is 65.9 Å². The number of hydrogen-bond acceptors (Lipinski definition) is 17. The summed E-state index contributed by atoms with van der Waals surface area (Å²) < 4.78 is 17.4. The predicted octanol–water partition coefficient (Wildman–Crippen LogP) is 3.01. The Morgan fingerprint density at radius 1 is 0.583 bits per heavy atom. The molecule has 2 amide bonds. The van der Waals surface area contributed by atoms with Gasteiger partial charge in [-0.1, -0.05) is 6.07 Å². The maximum Gasteiger partial charge on any atom is 0.295 e. The fourth-order valence-electron chi connectivity index (χ4n) is 8.92. The van der Waals surface area contributed by atoms with E-state index in [2.05, 4.69) is 65.3 Å². The van der Waals surface area contributed by atoms with E-state index in [0.29, 0.717) is 94.2 Å². The van der Waals surface area contributed by atoms with Crippen molar-refractivity contribution in [2.75, 3.05) is 27.3 Å². The number of nitrogens with zero attached hydrogens (tertiary/aromatic N) is 17. The smallest absolute Gasteiger partial charge is 0.295 e. The predicted molar refractivity (Wildman–Crippen MR) is 252 cm³/mol. The van der Waals surface area contributed by atoms with Crippen molar-refractivity contribution in [3.8, 4) is 34.8 Å². The van der Waals surface area contributed by atoms with E-state index in [1.54, 1.807) is 65.3 Å². The molecule has 0 bridgehead atoms. The van der Waals surface area contributed by atoms with Gasteiger partial charge in [0, 0.05) is 81.1 Å². The van der Waals surface area contributed by atoms with Gasteiger partial charge in [0.2, 0.25) is 0 Å². The van der Waals surface area contributed by atoms with Crippen LogP contribution in [0.1, 0.15) is 54.9 Å². The number of H-pyrrole nitrogens is 2. The van der Waals surface area contributed by atoms with Gasteiger partial charge in [0.1, 0.15) is 35.8 Å². The van der Waals surface area contributed by atoms with E-state index in [4.69, 9.17) is 9.47 Å². The van der Waals surface area contributed by atoms with Crippen molar-refractivity contribution in [2.45, 2.75) is 39.8 Å². The van der Waals surface area contributed by atoms with Gasteiger partial charge in [0.15, 0.2) is 23.3 Å². The lowest BCUT2D eigenvalue weighted by molar-refractivity contribution is -0.127. The van der Waals surface area contributed by atoms with Crippen molar-refractivity contribution in [1.82, 2.24) is 93.8 Å². The average molecular weight is 968 g/mol. The molecule has 0 fully saturated rings. The number of hydrogen-bond donors (Lipinski definition) is 2. The molecule has 25 heteroatoms. The summed E-state index contributed by atoms with van der Waals surface area (Å²) in [7, 11) is 2.98. The van der Waals surface area contributed by atoms with Crippen molar-refractivity contribution >= 4 is 45.2 Å².